The second-order valence-corrected chi connectivity index (χ2v) is 6.77. The van der Waals surface area contributed by atoms with Crippen LogP contribution in [-0.4, -0.2) is 35.7 Å². The molecule has 1 saturated heterocycles. The Hall–Kier alpha value is -1.94. The van der Waals surface area contributed by atoms with Gasteiger partial charge in [0, 0.05) is 32.7 Å². The number of benzene rings is 2. The van der Waals surface area contributed by atoms with Crippen molar-refractivity contribution in [2.24, 2.45) is 0 Å². The molecule has 2 aromatic rings. The van der Waals surface area contributed by atoms with Gasteiger partial charge in [0.1, 0.15) is 0 Å². The quantitative estimate of drug-likeness (QED) is 0.760. The van der Waals surface area contributed by atoms with E-state index in [4.69, 9.17) is 0 Å². The Kier molecular flexibility index (Phi) is 6.80. The monoisotopic (exact) mass is 336 g/mol. The van der Waals surface area contributed by atoms with Crippen molar-refractivity contribution in [1.82, 2.24) is 10.2 Å². The molecule has 0 bridgehead atoms. The molecule has 1 fully saturated rings. The summed E-state index contributed by atoms with van der Waals surface area (Å²) < 4.78 is 0. The highest BCUT2D eigenvalue weighted by molar-refractivity contribution is 5.48. The van der Waals surface area contributed by atoms with Crippen molar-refractivity contribution in [2.45, 2.75) is 32.0 Å². The Morgan fingerprint density at radius 2 is 1.64 bits per heavy atom. The Morgan fingerprint density at radius 1 is 0.960 bits per heavy atom. The van der Waals surface area contributed by atoms with Crippen LogP contribution in [0.15, 0.2) is 60.7 Å². The van der Waals surface area contributed by atoms with Crippen molar-refractivity contribution in [3.63, 3.8) is 0 Å². The fourth-order valence-electron chi connectivity index (χ4n) is 3.16. The molecule has 1 aliphatic heterocycles. The van der Waals surface area contributed by atoms with Gasteiger partial charge in [-0.1, -0.05) is 66.7 Å². The zero-order chi connectivity index (χ0) is 17.3. The van der Waals surface area contributed by atoms with E-state index >= 15 is 0 Å². The van der Waals surface area contributed by atoms with Crippen molar-refractivity contribution in [2.75, 3.05) is 19.6 Å². The Balaban J connectivity index is 1.38. The van der Waals surface area contributed by atoms with Gasteiger partial charge < -0.3 is 10.4 Å². The molecule has 0 aromatic heterocycles. The molecule has 0 aliphatic carbocycles. The van der Waals surface area contributed by atoms with Gasteiger partial charge in [0.15, 0.2) is 0 Å². The second kappa shape index (κ2) is 9.52. The number of piperidine rings is 1. The van der Waals surface area contributed by atoms with Crippen molar-refractivity contribution in [3.8, 4) is 0 Å². The molecule has 0 radical (unpaired) electrons. The topological polar surface area (TPSA) is 35.5 Å². The van der Waals surface area contributed by atoms with Crippen molar-refractivity contribution in [3.05, 3.63) is 77.4 Å². The molecule has 132 valence electrons. The van der Waals surface area contributed by atoms with Crippen LogP contribution < -0.4 is 5.32 Å². The number of nitrogens with zero attached hydrogens (tertiary/aromatic N) is 1. The fraction of sp³-hybridized carbons (Fsp3) is 0.364. The first-order valence-corrected chi connectivity index (χ1v) is 9.20. The molecule has 1 aliphatic rings. The summed E-state index contributed by atoms with van der Waals surface area (Å²) in [5.41, 5.74) is 3.90. The molecule has 25 heavy (non-hydrogen) atoms. The number of likely N-dealkylation sites (tertiary alicyclic amines) is 1. The van der Waals surface area contributed by atoms with E-state index in [9.17, 15) is 5.11 Å². The summed E-state index contributed by atoms with van der Waals surface area (Å²) in [5, 5.41) is 13.0. The maximum absolute atomic E-state index is 9.58. The maximum atomic E-state index is 9.58. The van der Waals surface area contributed by atoms with Gasteiger partial charge in [-0.3, -0.25) is 4.90 Å². The minimum absolute atomic E-state index is 0.0966. The van der Waals surface area contributed by atoms with Gasteiger partial charge in [-0.25, -0.2) is 0 Å². The average molecular weight is 336 g/mol. The summed E-state index contributed by atoms with van der Waals surface area (Å²) in [5.74, 6) is 0. The van der Waals surface area contributed by atoms with Gasteiger partial charge in [-0.2, -0.15) is 0 Å². The van der Waals surface area contributed by atoms with Gasteiger partial charge in [0.2, 0.25) is 0 Å². The summed E-state index contributed by atoms with van der Waals surface area (Å²) in [6.45, 7) is 4.73. The first kappa shape index (κ1) is 17.9. The number of aliphatic hydroxyl groups is 1. The number of aliphatic hydroxyl groups excluding tert-OH is 1. The molecule has 3 nitrogen and oxygen atoms in total. The summed E-state index contributed by atoms with van der Waals surface area (Å²) in [4.78, 5) is 2.42. The van der Waals surface area contributed by atoms with Crippen LogP contribution in [0.3, 0.4) is 0 Å². The molecule has 3 rings (SSSR count). The lowest BCUT2D eigenvalue weighted by molar-refractivity contribution is 0.0792. The molecule has 2 N–H and O–H groups in total. The molecule has 1 heterocycles. The van der Waals surface area contributed by atoms with Gasteiger partial charge in [-0.15, -0.1) is 0 Å². The summed E-state index contributed by atoms with van der Waals surface area (Å²) in [7, 11) is 0. The average Bonchev–Trinajstić information content (AvgIpc) is 2.65. The normalized spacial score (nSPS) is 16.5. The van der Waals surface area contributed by atoms with Crippen molar-refractivity contribution in [1.29, 1.82) is 0 Å². The molecule has 2 aromatic carbocycles. The first-order chi connectivity index (χ1) is 12.3. The molecule has 0 saturated carbocycles. The van der Waals surface area contributed by atoms with Crippen molar-refractivity contribution >= 4 is 6.08 Å². The number of nitrogens with one attached hydrogen (secondary N) is 1. The molecule has 0 atom stereocenters. The highest BCUT2D eigenvalue weighted by atomic mass is 16.3. The van der Waals surface area contributed by atoms with E-state index in [1.54, 1.807) is 0 Å². The van der Waals surface area contributed by atoms with Gasteiger partial charge in [-0.05, 0) is 29.5 Å². The highest BCUT2D eigenvalue weighted by Gasteiger charge is 2.16. The Morgan fingerprint density at radius 3 is 2.36 bits per heavy atom. The zero-order valence-electron chi connectivity index (χ0n) is 14.8. The SMILES string of the molecule is OC1CCN(Cc2ccc(CNCC=Cc3ccccc3)cc2)CC1. The smallest absolute Gasteiger partial charge is 0.0564 e. The number of hydrogen-bond acceptors (Lipinski definition) is 3. The van der Waals surface area contributed by atoms with E-state index < -0.39 is 0 Å². The molecular weight excluding hydrogens is 308 g/mol. The lowest BCUT2D eigenvalue weighted by atomic mass is 10.1. The Bertz CT molecular complexity index is 643. The van der Waals surface area contributed by atoms with Crippen LogP contribution in [-0.2, 0) is 13.1 Å². The Labute approximate surface area is 151 Å². The van der Waals surface area contributed by atoms with Gasteiger partial charge in [0.05, 0.1) is 6.10 Å². The van der Waals surface area contributed by atoms with Gasteiger partial charge >= 0.3 is 0 Å². The predicted octanol–water partition coefficient (Wildman–Crippen LogP) is 3.45. The summed E-state index contributed by atoms with van der Waals surface area (Å²) in [6.07, 6.45) is 6.01. The molecule has 0 spiro atoms. The number of hydrogen-bond donors (Lipinski definition) is 2. The third-order valence-corrected chi connectivity index (χ3v) is 4.69. The summed E-state index contributed by atoms with van der Waals surface area (Å²) in [6, 6.07) is 19.2. The van der Waals surface area contributed by atoms with Crippen LogP contribution in [0.5, 0.6) is 0 Å². The van der Waals surface area contributed by atoms with E-state index in [2.05, 4.69) is 70.9 Å². The minimum Gasteiger partial charge on any atom is -0.393 e. The van der Waals surface area contributed by atoms with Crippen LogP contribution in [0.25, 0.3) is 6.08 Å². The molecule has 0 amide bonds. The van der Waals surface area contributed by atoms with Crippen LogP contribution in [0.4, 0.5) is 0 Å². The van der Waals surface area contributed by atoms with E-state index in [1.807, 2.05) is 6.07 Å². The highest BCUT2D eigenvalue weighted by Crippen LogP contribution is 2.14. The third kappa shape index (κ3) is 6.13. The minimum atomic E-state index is -0.0966. The largest absolute Gasteiger partial charge is 0.393 e. The number of rotatable bonds is 7. The third-order valence-electron chi connectivity index (χ3n) is 4.69. The lowest BCUT2D eigenvalue weighted by Gasteiger charge is -2.29. The molecular formula is C22H28N2O. The van der Waals surface area contributed by atoms with E-state index in [-0.39, 0.29) is 6.10 Å². The fourth-order valence-corrected chi connectivity index (χ4v) is 3.16. The lowest BCUT2D eigenvalue weighted by Crippen LogP contribution is -2.35. The van der Waals surface area contributed by atoms with E-state index in [0.29, 0.717) is 0 Å². The standard InChI is InChI=1S/C22H28N2O/c25-22-12-15-24(16-13-22)18-21-10-8-20(9-11-21)17-23-14-4-7-19-5-2-1-3-6-19/h1-11,22-23,25H,12-18H2. The van der Waals surface area contributed by atoms with Crippen LogP contribution >= 0.6 is 0 Å². The van der Waals surface area contributed by atoms with Crippen molar-refractivity contribution < 1.29 is 5.11 Å². The van der Waals surface area contributed by atoms with E-state index in [1.165, 1.54) is 16.7 Å². The van der Waals surface area contributed by atoms with E-state index in [0.717, 1.165) is 45.6 Å². The van der Waals surface area contributed by atoms with Crippen LogP contribution in [0, 0.1) is 0 Å². The predicted molar refractivity (Wildman–Crippen MR) is 104 cm³/mol. The zero-order valence-corrected chi connectivity index (χ0v) is 14.8. The summed E-state index contributed by atoms with van der Waals surface area (Å²) >= 11 is 0. The first-order valence-electron chi connectivity index (χ1n) is 9.20. The molecule has 3 heteroatoms. The molecule has 0 unspecified atom stereocenters. The maximum Gasteiger partial charge on any atom is 0.0564 e. The van der Waals surface area contributed by atoms with Crippen LogP contribution in [0.1, 0.15) is 29.5 Å². The second-order valence-electron chi connectivity index (χ2n) is 6.77. The van der Waals surface area contributed by atoms with Gasteiger partial charge in [0.25, 0.3) is 0 Å². The van der Waals surface area contributed by atoms with Crippen LogP contribution in [0.2, 0.25) is 0 Å².